The summed E-state index contributed by atoms with van der Waals surface area (Å²) < 4.78 is 1.09. The van der Waals surface area contributed by atoms with Crippen molar-refractivity contribution in [2.45, 2.75) is 0 Å². The Bertz CT molecular complexity index is 1000. The van der Waals surface area contributed by atoms with E-state index < -0.39 is 9.85 Å². The zero-order chi connectivity index (χ0) is 17.4. The van der Waals surface area contributed by atoms with Gasteiger partial charge in [0.15, 0.2) is 0 Å². The first kappa shape index (κ1) is 16.5. The van der Waals surface area contributed by atoms with Gasteiger partial charge in [-0.3, -0.25) is 20.2 Å². The number of nitro groups is 2. The number of hydrogen-bond acceptors (Lipinski definition) is 4. The molecule has 120 valence electrons. The molecule has 0 aliphatic heterocycles. The number of halogens is 2. The molecular formula is C16H8Br2N2O4. The Kier molecular flexibility index (Phi) is 4.33. The standard InChI is InChI=1S/C16H8Br2N2O4/c17-9-5-6-12(14(7-9)19(21)22)16-11-4-2-1-3-10(11)13(18)8-15(16)20(23)24/h1-8H. The van der Waals surface area contributed by atoms with Crippen LogP contribution in [-0.2, 0) is 0 Å². The third-order valence-corrected chi connectivity index (χ3v) is 4.75. The van der Waals surface area contributed by atoms with Crippen LogP contribution in [0.25, 0.3) is 21.9 Å². The molecule has 0 amide bonds. The Balaban J connectivity index is 2.50. The Morgan fingerprint density at radius 2 is 1.42 bits per heavy atom. The molecule has 0 saturated carbocycles. The van der Waals surface area contributed by atoms with Crippen LogP contribution in [0.1, 0.15) is 0 Å². The average Bonchev–Trinajstić information content (AvgIpc) is 2.55. The van der Waals surface area contributed by atoms with Gasteiger partial charge in [-0.1, -0.05) is 40.2 Å². The van der Waals surface area contributed by atoms with E-state index in [0.29, 0.717) is 14.3 Å². The summed E-state index contributed by atoms with van der Waals surface area (Å²) in [5.41, 5.74) is 0.0579. The Hall–Kier alpha value is -2.32. The number of benzene rings is 3. The monoisotopic (exact) mass is 450 g/mol. The fraction of sp³-hybridized carbons (Fsp3) is 0. The summed E-state index contributed by atoms with van der Waals surface area (Å²) in [7, 11) is 0. The molecule has 0 fully saturated rings. The van der Waals surface area contributed by atoms with Gasteiger partial charge in [0.2, 0.25) is 0 Å². The first-order valence-electron chi connectivity index (χ1n) is 6.70. The summed E-state index contributed by atoms with van der Waals surface area (Å²) in [6.07, 6.45) is 0. The highest BCUT2D eigenvalue weighted by atomic mass is 79.9. The van der Waals surface area contributed by atoms with Gasteiger partial charge in [-0.15, -0.1) is 0 Å². The van der Waals surface area contributed by atoms with Crippen molar-refractivity contribution in [3.05, 3.63) is 77.7 Å². The summed E-state index contributed by atoms with van der Waals surface area (Å²) in [5, 5.41) is 24.3. The van der Waals surface area contributed by atoms with Gasteiger partial charge in [-0.25, -0.2) is 0 Å². The van der Waals surface area contributed by atoms with Crippen LogP contribution in [0.4, 0.5) is 11.4 Å². The smallest absolute Gasteiger partial charge is 0.258 e. The van der Waals surface area contributed by atoms with E-state index in [1.807, 2.05) is 0 Å². The van der Waals surface area contributed by atoms with Gasteiger partial charge in [0.05, 0.1) is 21.0 Å². The van der Waals surface area contributed by atoms with Crippen LogP contribution in [0.3, 0.4) is 0 Å². The van der Waals surface area contributed by atoms with Crippen LogP contribution in [0.15, 0.2) is 57.5 Å². The van der Waals surface area contributed by atoms with Crippen molar-refractivity contribution in [1.82, 2.24) is 0 Å². The van der Waals surface area contributed by atoms with E-state index in [1.165, 1.54) is 18.2 Å². The number of fused-ring (bicyclic) bond motifs is 1. The van der Waals surface area contributed by atoms with Crippen LogP contribution in [0.5, 0.6) is 0 Å². The quantitative estimate of drug-likeness (QED) is 0.369. The molecule has 3 aromatic rings. The number of hydrogen-bond donors (Lipinski definition) is 0. The Morgan fingerprint density at radius 1 is 0.792 bits per heavy atom. The zero-order valence-electron chi connectivity index (χ0n) is 11.9. The van der Waals surface area contributed by atoms with Gasteiger partial charge >= 0.3 is 0 Å². The lowest BCUT2D eigenvalue weighted by Crippen LogP contribution is -1.98. The lowest BCUT2D eigenvalue weighted by atomic mass is 9.95. The SMILES string of the molecule is O=[N+]([O-])c1cc(Br)ccc1-c1c([N+](=O)[O-])cc(Br)c2ccccc12. The number of nitrogens with zero attached hydrogens (tertiary/aromatic N) is 2. The summed E-state index contributed by atoms with van der Waals surface area (Å²) in [6, 6.07) is 12.9. The van der Waals surface area contributed by atoms with Gasteiger partial charge in [0.1, 0.15) is 0 Å². The van der Waals surface area contributed by atoms with E-state index in [4.69, 9.17) is 0 Å². The molecule has 0 radical (unpaired) electrons. The number of nitro benzene ring substituents is 2. The summed E-state index contributed by atoms with van der Waals surface area (Å²) in [4.78, 5) is 21.9. The van der Waals surface area contributed by atoms with Crippen LogP contribution < -0.4 is 0 Å². The van der Waals surface area contributed by atoms with Crippen molar-refractivity contribution >= 4 is 54.0 Å². The van der Waals surface area contributed by atoms with Crippen molar-refractivity contribution in [2.75, 3.05) is 0 Å². The molecule has 0 bridgehead atoms. The van der Waals surface area contributed by atoms with Crippen LogP contribution in [-0.4, -0.2) is 9.85 Å². The van der Waals surface area contributed by atoms with Crippen LogP contribution in [0, 0.1) is 20.2 Å². The van der Waals surface area contributed by atoms with Gasteiger partial charge < -0.3 is 0 Å². The van der Waals surface area contributed by atoms with E-state index in [2.05, 4.69) is 31.9 Å². The highest BCUT2D eigenvalue weighted by Crippen LogP contribution is 2.44. The van der Waals surface area contributed by atoms with Gasteiger partial charge in [0.25, 0.3) is 11.4 Å². The lowest BCUT2D eigenvalue weighted by molar-refractivity contribution is -0.386. The highest BCUT2D eigenvalue weighted by Gasteiger charge is 2.26. The minimum Gasteiger partial charge on any atom is -0.258 e. The maximum atomic E-state index is 11.5. The first-order chi connectivity index (χ1) is 11.4. The largest absolute Gasteiger partial charge is 0.279 e. The minimum atomic E-state index is -0.541. The third kappa shape index (κ3) is 2.78. The Morgan fingerprint density at radius 3 is 2.04 bits per heavy atom. The maximum Gasteiger partial charge on any atom is 0.279 e. The molecular weight excluding hydrogens is 444 g/mol. The van der Waals surface area contributed by atoms with E-state index in [-0.39, 0.29) is 22.5 Å². The van der Waals surface area contributed by atoms with Gasteiger partial charge in [-0.05, 0) is 38.8 Å². The second-order valence-electron chi connectivity index (χ2n) is 4.97. The van der Waals surface area contributed by atoms with Crippen molar-refractivity contribution in [3.8, 4) is 11.1 Å². The van der Waals surface area contributed by atoms with Gasteiger partial charge in [-0.2, -0.15) is 0 Å². The molecule has 0 N–H and O–H groups in total. The highest BCUT2D eigenvalue weighted by molar-refractivity contribution is 9.11. The summed E-state index contributed by atoms with van der Waals surface area (Å²) in [6.45, 7) is 0. The topological polar surface area (TPSA) is 86.3 Å². The van der Waals surface area contributed by atoms with Crippen LogP contribution >= 0.6 is 31.9 Å². The molecule has 3 rings (SSSR count). The predicted molar refractivity (Wildman–Crippen MR) is 98.1 cm³/mol. The molecule has 0 aliphatic carbocycles. The zero-order valence-corrected chi connectivity index (χ0v) is 15.1. The van der Waals surface area contributed by atoms with E-state index >= 15 is 0 Å². The summed E-state index contributed by atoms with van der Waals surface area (Å²) in [5.74, 6) is 0. The van der Waals surface area contributed by atoms with Crippen molar-refractivity contribution in [1.29, 1.82) is 0 Å². The third-order valence-electron chi connectivity index (χ3n) is 3.60. The molecule has 6 nitrogen and oxygen atoms in total. The molecule has 0 aromatic heterocycles. The molecule has 0 heterocycles. The van der Waals surface area contributed by atoms with E-state index in [9.17, 15) is 20.2 Å². The Labute approximate surface area is 152 Å². The van der Waals surface area contributed by atoms with Crippen LogP contribution in [0.2, 0.25) is 0 Å². The van der Waals surface area contributed by atoms with Crippen molar-refractivity contribution < 1.29 is 9.85 Å². The van der Waals surface area contributed by atoms with Crippen molar-refractivity contribution in [2.24, 2.45) is 0 Å². The molecule has 8 heteroatoms. The molecule has 0 unspecified atom stereocenters. The van der Waals surface area contributed by atoms with Gasteiger partial charge in [0, 0.05) is 21.1 Å². The molecule has 0 saturated heterocycles. The molecule has 0 aliphatic rings. The predicted octanol–water partition coefficient (Wildman–Crippen LogP) is 5.85. The molecule has 3 aromatic carbocycles. The molecule has 24 heavy (non-hydrogen) atoms. The summed E-state index contributed by atoms with van der Waals surface area (Å²) >= 11 is 6.54. The van der Waals surface area contributed by atoms with Crippen molar-refractivity contribution in [3.63, 3.8) is 0 Å². The molecule has 0 atom stereocenters. The minimum absolute atomic E-state index is 0.189. The average molecular weight is 452 g/mol. The number of rotatable bonds is 3. The second-order valence-corrected chi connectivity index (χ2v) is 6.74. The molecule has 0 spiro atoms. The van der Waals surface area contributed by atoms with E-state index in [0.717, 1.165) is 5.39 Å². The van der Waals surface area contributed by atoms with E-state index in [1.54, 1.807) is 30.3 Å². The maximum absolute atomic E-state index is 11.5. The fourth-order valence-electron chi connectivity index (χ4n) is 2.61. The first-order valence-corrected chi connectivity index (χ1v) is 8.28. The fourth-order valence-corrected chi connectivity index (χ4v) is 3.52. The second kappa shape index (κ2) is 6.29. The lowest BCUT2D eigenvalue weighted by Gasteiger charge is -2.10. The normalized spacial score (nSPS) is 10.8.